The molecule has 2 heterocycles. The Morgan fingerprint density at radius 1 is 1.21 bits per heavy atom. The standard InChI is InChI=1S/C20H26N4O4/c1-3-28-19(25)12-16-6-4-5-11-24(16)20(26)18-14-23(22-21-18)13-15-7-9-17(27-2)10-8-15/h7-10,14,16H,3-6,11-13H2,1-2H3/t16-/m0/s1. The Kier molecular flexibility index (Phi) is 6.62. The Morgan fingerprint density at radius 2 is 2.00 bits per heavy atom. The highest BCUT2D eigenvalue weighted by Gasteiger charge is 2.31. The van der Waals surface area contributed by atoms with E-state index in [0.717, 1.165) is 30.6 Å². The average molecular weight is 386 g/mol. The van der Waals surface area contributed by atoms with Crippen molar-refractivity contribution in [1.29, 1.82) is 0 Å². The number of esters is 1. The van der Waals surface area contributed by atoms with E-state index in [1.54, 1.807) is 29.8 Å². The maximum Gasteiger partial charge on any atom is 0.307 e. The molecule has 1 atom stereocenters. The number of amides is 1. The van der Waals surface area contributed by atoms with Crippen molar-refractivity contribution >= 4 is 11.9 Å². The predicted octanol–water partition coefficient (Wildman–Crippen LogP) is 2.28. The molecule has 1 aromatic carbocycles. The van der Waals surface area contributed by atoms with E-state index in [4.69, 9.17) is 9.47 Å². The van der Waals surface area contributed by atoms with Crippen molar-refractivity contribution in [2.24, 2.45) is 0 Å². The molecule has 8 nitrogen and oxygen atoms in total. The van der Waals surface area contributed by atoms with Crippen LogP contribution < -0.4 is 4.74 Å². The van der Waals surface area contributed by atoms with Crippen LogP contribution in [0.2, 0.25) is 0 Å². The number of likely N-dealkylation sites (tertiary alicyclic amines) is 1. The lowest BCUT2D eigenvalue weighted by atomic mass is 9.99. The fourth-order valence-corrected chi connectivity index (χ4v) is 3.43. The van der Waals surface area contributed by atoms with Crippen LogP contribution in [0.15, 0.2) is 30.5 Å². The van der Waals surface area contributed by atoms with Gasteiger partial charge in [0.15, 0.2) is 5.69 Å². The van der Waals surface area contributed by atoms with Gasteiger partial charge >= 0.3 is 5.97 Å². The van der Waals surface area contributed by atoms with Gasteiger partial charge in [-0.15, -0.1) is 5.10 Å². The summed E-state index contributed by atoms with van der Waals surface area (Å²) in [6.07, 6.45) is 4.59. The van der Waals surface area contributed by atoms with E-state index in [1.807, 2.05) is 24.3 Å². The number of carbonyl (C=O) groups excluding carboxylic acids is 2. The summed E-state index contributed by atoms with van der Waals surface area (Å²) in [4.78, 5) is 26.5. The molecule has 0 unspecified atom stereocenters. The topological polar surface area (TPSA) is 86.5 Å². The Bertz CT molecular complexity index is 803. The van der Waals surface area contributed by atoms with Crippen LogP contribution in [0, 0.1) is 0 Å². The van der Waals surface area contributed by atoms with Crippen LogP contribution >= 0.6 is 0 Å². The number of hydrogen-bond acceptors (Lipinski definition) is 6. The molecular weight excluding hydrogens is 360 g/mol. The van der Waals surface area contributed by atoms with Crippen LogP contribution in [0.25, 0.3) is 0 Å². The van der Waals surface area contributed by atoms with E-state index in [-0.39, 0.29) is 24.3 Å². The van der Waals surface area contributed by atoms with Gasteiger partial charge < -0.3 is 14.4 Å². The first-order valence-electron chi connectivity index (χ1n) is 9.60. The molecule has 150 valence electrons. The van der Waals surface area contributed by atoms with Crippen molar-refractivity contribution in [3.05, 3.63) is 41.7 Å². The lowest BCUT2D eigenvalue weighted by Crippen LogP contribution is -2.45. The zero-order valence-corrected chi connectivity index (χ0v) is 16.3. The van der Waals surface area contributed by atoms with Crippen LogP contribution in [0.3, 0.4) is 0 Å². The normalized spacial score (nSPS) is 16.6. The van der Waals surface area contributed by atoms with Gasteiger partial charge in [0.2, 0.25) is 0 Å². The summed E-state index contributed by atoms with van der Waals surface area (Å²) in [5.74, 6) is 0.335. The molecule has 1 aromatic heterocycles. The molecule has 1 amide bonds. The van der Waals surface area contributed by atoms with Crippen molar-refractivity contribution in [3.8, 4) is 5.75 Å². The summed E-state index contributed by atoms with van der Waals surface area (Å²) < 4.78 is 11.8. The zero-order chi connectivity index (χ0) is 19.9. The fraction of sp³-hybridized carbons (Fsp3) is 0.500. The molecule has 0 radical (unpaired) electrons. The highest BCUT2D eigenvalue weighted by atomic mass is 16.5. The van der Waals surface area contributed by atoms with E-state index in [0.29, 0.717) is 25.4 Å². The number of ether oxygens (including phenoxy) is 2. The minimum Gasteiger partial charge on any atom is -0.497 e. The molecule has 0 N–H and O–H groups in total. The second-order valence-corrected chi connectivity index (χ2v) is 6.81. The van der Waals surface area contributed by atoms with Gasteiger partial charge in [-0.3, -0.25) is 9.59 Å². The van der Waals surface area contributed by atoms with Gasteiger partial charge in [-0.25, -0.2) is 4.68 Å². The third kappa shape index (κ3) is 4.88. The summed E-state index contributed by atoms with van der Waals surface area (Å²) in [5, 5.41) is 8.13. The molecule has 3 rings (SSSR count). The lowest BCUT2D eigenvalue weighted by molar-refractivity contribution is -0.144. The Balaban J connectivity index is 1.66. The summed E-state index contributed by atoms with van der Waals surface area (Å²) in [7, 11) is 1.63. The third-order valence-corrected chi connectivity index (χ3v) is 4.86. The SMILES string of the molecule is CCOC(=O)C[C@@H]1CCCCN1C(=O)c1cn(Cc2ccc(OC)cc2)nn1. The highest BCUT2D eigenvalue weighted by Crippen LogP contribution is 2.22. The molecule has 1 aliphatic heterocycles. The number of aromatic nitrogens is 3. The average Bonchev–Trinajstić information content (AvgIpc) is 3.17. The first-order chi connectivity index (χ1) is 13.6. The second kappa shape index (κ2) is 9.34. The molecule has 1 fully saturated rings. The molecule has 0 spiro atoms. The Labute approximate surface area is 164 Å². The van der Waals surface area contributed by atoms with Gasteiger partial charge in [0.05, 0.1) is 32.9 Å². The molecule has 2 aromatic rings. The summed E-state index contributed by atoms with van der Waals surface area (Å²) in [6.45, 7) is 3.26. The first-order valence-corrected chi connectivity index (χ1v) is 9.60. The Morgan fingerprint density at radius 3 is 2.71 bits per heavy atom. The summed E-state index contributed by atoms with van der Waals surface area (Å²) >= 11 is 0. The number of nitrogens with zero attached hydrogens (tertiary/aromatic N) is 4. The molecule has 0 saturated carbocycles. The maximum absolute atomic E-state index is 12.9. The molecule has 1 aliphatic rings. The summed E-state index contributed by atoms with van der Waals surface area (Å²) in [6, 6.07) is 7.51. The van der Waals surface area contributed by atoms with Gasteiger partial charge in [0.1, 0.15) is 5.75 Å². The quantitative estimate of drug-likeness (QED) is 0.679. The highest BCUT2D eigenvalue weighted by molar-refractivity contribution is 5.92. The molecule has 0 bridgehead atoms. The van der Waals surface area contributed by atoms with Gasteiger partial charge in [-0.05, 0) is 43.9 Å². The monoisotopic (exact) mass is 386 g/mol. The molecule has 28 heavy (non-hydrogen) atoms. The third-order valence-electron chi connectivity index (χ3n) is 4.86. The number of benzene rings is 1. The van der Waals surface area contributed by atoms with E-state index >= 15 is 0 Å². The van der Waals surface area contributed by atoms with Gasteiger partial charge in [-0.1, -0.05) is 17.3 Å². The number of carbonyl (C=O) groups is 2. The number of rotatable bonds is 7. The van der Waals surface area contributed by atoms with Crippen molar-refractivity contribution in [2.75, 3.05) is 20.3 Å². The van der Waals surface area contributed by atoms with Gasteiger partial charge in [0, 0.05) is 12.6 Å². The van der Waals surface area contributed by atoms with Gasteiger partial charge in [0.25, 0.3) is 5.91 Å². The number of hydrogen-bond donors (Lipinski definition) is 0. The van der Waals surface area contributed by atoms with Crippen LogP contribution in [-0.4, -0.2) is 58.1 Å². The van der Waals surface area contributed by atoms with Crippen LogP contribution in [0.5, 0.6) is 5.75 Å². The smallest absolute Gasteiger partial charge is 0.307 e. The molecular formula is C20H26N4O4. The van der Waals surface area contributed by atoms with E-state index in [9.17, 15) is 9.59 Å². The molecule has 8 heteroatoms. The summed E-state index contributed by atoms with van der Waals surface area (Å²) in [5.41, 5.74) is 1.33. The van der Waals surface area contributed by atoms with Crippen molar-refractivity contribution in [2.45, 2.75) is 45.2 Å². The number of piperidine rings is 1. The minimum atomic E-state index is -0.268. The van der Waals surface area contributed by atoms with E-state index < -0.39 is 0 Å². The van der Waals surface area contributed by atoms with Crippen LogP contribution in [0.4, 0.5) is 0 Å². The minimum absolute atomic E-state index is 0.146. The van der Waals surface area contributed by atoms with E-state index in [1.165, 1.54) is 0 Å². The van der Waals surface area contributed by atoms with Crippen molar-refractivity contribution in [1.82, 2.24) is 19.9 Å². The predicted molar refractivity (Wildman–Crippen MR) is 102 cm³/mol. The van der Waals surface area contributed by atoms with E-state index in [2.05, 4.69) is 10.3 Å². The first kappa shape index (κ1) is 19.9. The molecule has 1 saturated heterocycles. The Hall–Kier alpha value is -2.90. The maximum atomic E-state index is 12.9. The second-order valence-electron chi connectivity index (χ2n) is 6.81. The van der Waals surface area contributed by atoms with Crippen molar-refractivity contribution < 1.29 is 19.1 Å². The number of methoxy groups -OCH3 is 1. The molecule has 0 aliphatic carbocycles. The largest absolute Gasteiger partial charge is 0.497 e. The van der Waals surface area contributed by atoms with Crippen molar-refractivity contribution in [3.63, 3.8) is 0 Å². The van der Waals surface area contributed by atoms with Gasteiger partial charge in [-0.2, -0.15) is 0 Å². The van der Waals surface area contributed by atoms with Crippen LogP contribution in [-0.2, 0) is 16.1 Å². The van der Waals surface area contributed by atoms with Crippen LogP contribution in [0.1, 0.15) is 48.7 Å². The fourth-order valence-electron chi connectivity index (χ4n) is 3.43. The zero-order valence-electron chi connectivity index (χ0n) is 16.3. The lowest BCUT2D eigenvalue weighted by Gasteiger charge is -2.34.